The van der Waals surface area contributed by atoms with Crippen LogP contribution in [0.25, 0.3) is 0 Å². The zero-order valence-corrected chi connectivity index (χ0v) is 13.9. The van der Waals surface area contributed by atoms with E-state index in [-0.39, 0.29) is 18.4 Å². The molecule has 0 bridgehead atoms. The van der Waals surface area contributed by atoms with Gasteiger partial charge in [-0.1, -0.05) is 15.9 Å². The van der Waals surface area contributed by atoms with Crippen LogP contribution in [0.5, 0.6) is 0 Å². The monoisotopic (exact) mass is 368 g/mol. The van der Waals surface area contributed by atoms with Crippen molar-refractivity contribution in [3.63, 3.8) is 0 Å². The van der Waals surface area contributed by atoms with Crippen molar-refractivity contribution >= 4 is 38.4 Å². The second kappa shape index (κ2) is 7.04. The predicted molar refractivity (Wildman–Crippen MR) is 82.3 cm³/mol. The fourth-order valence-electron chi connectivity index (χ4n) is 2.13. The first-order chi connectivity index (χ1) is 8.49. The Kier molecular flexibility index (Phi) is 6.26. The van der Waals surface area contributed by atoms with Gasteiger partial charge in [-0.2, -0.15) is 0 Å². The lowest BCUT2D eigenvalue weighted by Crippen LogP contribution is -2.37. The Morgan fingerprint density at radius 1 is 1.47 bits per heavy atom. The normalized spacial score (nSPS) is 19.2. The molecule has 0 radical (unpaired) electrons. The summed E-state index contributed by atoms with van der Waals surface area (Å²) in [5.41, 5.74) is 0.747. The van der Waals surface area contributed by atoms with E-state index in [4.69, 9.17) is 0 Å². The van der Waals surface area contributed by atoms with Gasteiger partial charge < -0.3 is 5.32 Å². The summed E-state index contributed by atoms with van der Waals surface area (Å²) in [6.07, 6.45) is 2.14. The summed E-state index contributed by atoms with van der Waals surface area (Å²) in [6, 6.07) is 5.44. The number of sulfonamides is 1. The van der Waals surface area contributed by atoms with E-state index >= 15 is 0 Å². The molecule has 2 rings (SSSR count). The van der Waals surface area contributed by atoms with Crippen molar-refractivity contribution in [1.29, 1.82) is 0 Å². The molecule has 1 aromatic rings. The van der Waals surface area contributed by atoms with E-state index in [1.54, 1.807) is 19.1 Å². The van der Waals surface area contributed by atoms with Crippen molar-refractivity contribution in [1.82, 2.24) is 10.0 Å². The van der Waals surface area contributed by atoms with Crippen LogP contribution in [-0.2, 0) is 10.0 Å². The average molecular weight is 370 g/mol. The number of benzene rings is 1. The first-order valence-electron chi connectivity index (χ1n) is 5.98. The highest BCUT2D eigenvalue weighted by Gasteiger charge is 2.20. The first-order valence-corrected chi connectivity index (χ1v) is 8.26. The minimum absolute atomic E-state index is 0. The van der Waals surface area contributed by atoms with Gasteiger partial charge in [0.2, 0.25) is 10.0 Å². The molecular formula is C12H18BrClN2O2S. The molecule has 0 saturated carbocycles. The zero-order chi connectivity index (χ0) is 13.2. The van der Waals surface area contributed by atoms with Crippen LogP contribution in [0, 0.1) is 6.92 Å². The highest BCUT2D eigenvalue weighted by Crippen LogP contribution is 2.20. The number of halogens is 2. The summed E-state index contributed by atoms with van der Waals surface area (Å²) < 4.78 is 27.9. The number of hydrogen-bond donors (Lipinski definition) is 2. The maximum atomic E-state index is 12.2. The topological polar surface area (TPSA) is 58.2 Å². The molecule has 1 saturated heterocycles. The van der Waals surface area contributed by atoms with Gasteiger partial charge in [-0.15, -0.1) is 12.4 Å². The third-order valence-corrected chi connectivity index (χ3v) is 5.19. The van der Waals surface area contributed by atoms with Crippen molar-refractivity contribution in [2.75, 3.05) is 13.1 Å². The molecule has 4 nitrogen and oxygen atoms in total. The molecule has 0 amide bonds. The Morgan fingerprint density at radius 2 is 2.21 bits per heavy atom. The maximum Gasteiger partial charge on any atom is 0.240 e. The summed E-state index contributed by atoms with van der Waals surface area (Å²) in [7, 11) is -3.41. The molecule has 19 heavy (non-hydrogen) atoms. The van der Waals surface area contributed by atoms with E-state index in [0.29, 0.717) is 11.4 Å². The fourth-order valence-corrected chi connectivity index (χ4v) is 3.91. The Morgan fingerprint density at radius 3 is 2.79 bits per heavy atom. The maximum absolute atomic E-state index is 12.2. The van der Waals surface area contributed by atoms with Gasteiger partial charge >= 0.3 is 0 Å². The van der Waals surface area contributed by atoms with Crippen LogP contribution in [0.15, 0.2) is 27.6 Å². The summed E-state index contributed by atoms with van der Waals surface area (Å²) in [6.45, 7) is 3.23. The fraction of sp³-hybridized carbons (Fsp3) is 0.500. The highest BCUT2D eigenvalue weighted by molar-refractivity contribution is 9.10. The molecule has 7 heteroatoms. The van der Waals surface area contributed by atoms with E-state index in [1.165, 1.54) is 0 Å². The van der Waals surface area contributed by atoms with Crippen molar-refractivity contribution < 1.29 is 8.42 Å². The largest absolute Gasteiger partial charge is 0.313 e. The summed E-state index contributed by atoms with van der Waals surface area (Å²) in [4.78, 5) is 0.351. The molecule has 1 aliphatic heterocycles. The second-order valence-corrected chi connectivity index (χ2v) is 7.21. The van der Waals surface area contributed by atoms with Crippen molar-refractivity contribution in [3.05, 3.63) is 28.2 Å². The van der Waals surface area contributed by atoms with E-state index in [0.717, 1.165) is 29.4 Å². The minimum Gasteiger partial charge on any atom is -0.313 e. The van der Waals surface area contributed by atoms with Gasteiger partial charge in [0, 0.05) is 17.1 Å². The minimum atomic E-state index is -3.41. The lowest BCUT2D eigenvalue weighted by molar-refractivity contribution is 0.551. The summed E-state index contributed by atoms with van der Waals surface area (Å²) in [5, 5.41) is 3.27. The third kappa shape index (κ3) is 4.43. The third-order valence-electron chi connectivity index (χ3n) is 3.11. The Bertz CT molecular complexity index is 531. The number of hydrogen-bond acceptors (Lipinski definition) is 3. The molecule has 0 aromatic heterocycles. The molecular weight excluding hydrogens is 352 g/mol. The molecule has 1 heterocycles. The van der Waals surface area contributed by atoms with Gasteiger partial charge in [0.05, 0.1) is 4.90 Å². The van der Waals surface area contributed by atoms with Crippen LogP contribution < -0.4 is 10.0 Å². The standard InChI is InChI=1S/C12H17BrN2O2S.ClH/c1-9-7-10(13)4-5-12(9)18(16,17)15-8-11-3-2-6-14-11;/h4-5,7,11,14-15H,2-3,6,8H2,1H3;1H. The molecule has 0 spiro atoms. The molecule has 0 aliphatic carbocycles. The van der Waals surface area contributed by atoms with Crippen LogP contribution >= 0.6 is 28.3 Å². The van der Waals surface area contributed by atoms with Crippen LogP contribution in [-0.4, -0.2) is 27.5 Å². The molecule has 1 aliphatic rings. The van der Waals surface area contributed by atoms with E-state index in [1.807, 2.05) is 6.07 Å². The van der Waals surface area contributed by atoms with Crippen molar-refractivity contribution in [2.45, 2.75) is 30.7 Å². The molecule has 1 unspecified atom stereocenters. The number of aryl methyl sites for hydroxylation is 1. The van der Waals surface area contributed by atoms with Crippen LogP contribution in [0.1, 0.15) is 18.4 Å². The predicted octanol–water partition coefficient (Wildman–Crippen LogP) is 2.21. The summed E-state index contributed by atoms with van der Waals surface area (Å²) in [5.74, 6) is 0. The highest BCUT2D eigenvalue weighted by atomic mass is 79.9. The molecule has 1 atom stereocenters. The van der Waals surface area contributed by atoms with Gasteiger partial charge in [0.1, 0.15) is 0 Å². The van der Waals surface area contributed by atoms with Gasteiger partial charge in [0.15, 0.2) is 0 Å². The molecule has 108 valence electrons. The van der Waals surface area contributed by atoms with Gasteiger partial charge in [0.25, 0.3) is 0 Å². The Labute approximate surface area is 128 Å². The lowest BCUT2D eigenvalue weighted by Gasteiger charge is -2.13. The molecule has 1 aromatic carbocycles. The smallest absolute Gasteiger partial charge is 0.240 e. The van der Waals surface area contributed by atoms with Crippen LogP contribution in [0.2, 0.25) is 0 Å². The van der Waals surface area contributed by atoms with Gasteiger partial charge in [-0.3, -0.25) is 0 Å². The second-order valence-electron chi connectivity index (χ2n) is 4.55. The van der Waals surface area contributed by atoms with Gasteiger partial charge in [-0.05, 0) is 50.1 Å². The lowest BCUT2D eigenvalue weighted by atomic mass is 10.2. The van der Waals surface area contributed by atoms with E-state index < -0.39 is 10.0 Å². The van der Waals surface area contributed by atoms with Crippen molar-refractivity contribution in [3.8, 4) is 0 Å². The van der Waals surface area contributed by atoms with Crippen LogP contribution in [0.4, 0.5) is 0 Å². The summed E-state index contributed by atoms with van der Waals surface area (Å²) >= 11 is 3.33. The number of nitrogens with one attached hydrogen (secondary N) is 2. The molecule has 1 fully saturated rings. The Hall–Kier alpha value is -0.140. The quantitative estimate of drug-likeness (QED) is 0.855. The Balaban J connectivity index is 0.00000180. The zero-order valence-electron chi connectivity index (χ0n) is 10.6. The van der Waals surface area contributed by atoms with Crippen LogP contribution in [0.3, 0.4) is 0 Å². The van der Waals surface area contributed by atoms with Gasteiger partial charge in [-0.25, -0.2) is 13.1 Å². The average Bonchev–Trinajstić information content (AvgIpc) is 2.78. The van der Waals surface area contributed by atoms with Crippen molar-refractivity contribution in [2.24, 2.45) is 0 Å². The number of rotatable bonds is 4. The SMILES string of the molecule is Cc1cc(Br)ccc1S(=O)(=O)NCC1CCCN1.Cl. The van der Waals surface area contributed by atoms with E-state index in [2.05, 4.69) is 26.0 Å². The first kappa shape index (κ1) is 16.9. The molecule has 2 N–H and O–H groups in total. The van der Waals surface area contributed by atoms with E-state index in [9.17, 15) is 8.42 Å².